The number of nitrogens with zero attached hydrogens (tertiary/aromatic N) is 2. The molecular weight excluding hydrogens is 456 g/mol. The summed E-state index contributed by atoms with van der Waals surface area (Å²) in [6, 6.07) is 19.6. The minimum absolute atomic E-state index is 0.0876. The monoisotopic (exact) mass is 480 g/mol. The first-order chi connectivity index (χ1) is 17.5. The number of carbonyl (C=O) groups is 1. The van der Waals surface area contributed by atoms with E-state index in [1.807, 2.05) is 61.7 Å². The average molecular weight is 481 g/mol. The van der Waals surface area contributed by atoms with Crippen LogP contribution in [0, 0.1) is 10.1 Å². The van der Waals surface area contributed by atoms with Crippen molar-refractivity contribution >= 4 is 34.2 Å². The van der Waals surface area contributed by atoms with Crippen LogP contribution >= 0.6 is 0 Å². The van der Waals surface area contributed by atoms with Gasteiger partial charge in [0.25, 0.3) is 11.6 Å². The van der Waals surface area contributed by atoms with E-state index in [2.05, 4.69) is 20.6 Å². The Morgan fingerprint density at radius 3 is 2.47 bits per heavy atom. The Balaban J connectivity index is 1.59. The molecule has 5 rings (SSSR count). The van der Waals surface area contributed by atoms with Gasteiger partial charge in [0.1, 0.15) is 5.82 Å². The number of non-ortho nitro benzene ring substituents is 1. The highest BCUT2D eigenvalue weighted by molar-refractivity contribution is 6.37. The highest BCUT2D eigenvalue weighted by atomic mass is 16.6. The molecule has 0 radical (unpaired) electrons. The van der Waals surface area contributed by atoms with E-state index in [4.69, 9.17) is 5.73 Å². The first kappa shape index (κ1) is 23.0. The van der Waals surface area contributed by atoms with Crippen molar-refractivity contribution in [3.63, 3.8) is 0 Å². The van der Waals surface area contributed by atoms with E-state index in [0.717, 1.165) is 40.3 Å². The van der Waals surface area contributed by atoms with Crippen molar-refractivity contribution in [2.45, 2.75) is 19.9 Å². The Labute approximate surface area is 207 Å². The summed E-state index contributed by atoms with van der Waals surface area (Å²) < 4.78 is 0. The Hall–Kier alpha value is -4.76. The third kappa shape index (κ3) is 4.35. The van der Waals surface area contributed by atoms with Crippen LogP contribution in [0.1, 0.15) is 29.4 Å². The average Bonchev–Trinajstić information content (AvgIpc) is 3.51. The first-order valence-electron chi connectivity index (χ1n) is 11.5. The van der Waals surface area contributed by atoms with Gasteiger partial charge in [0.2, 0.25) is 0 Å². The number of nitro benzene ring substituents is 1. The Morgan fingerprint density at radius 2 is 1.83 bits per heavy atom. The van der Waals surface area contributed by atoms with E-state index in [1.54, 1.807) is 6.07 Å². The number of carbonyl (C=O) groups excluding carboxylic acids is 1. The predicted octanol–water partition coefficient (Wildman–Crippen LogP) is 4.94. The third-order valence-electron chi connectivity index (χ3n) is 6.10. The molecule has 1 amide bonds. The van der Waals surface area contributed by atoms with Gasteiger partial charge in [-0.15, -0.1) is 0 Å². The van der Waals surface area contributed by atoms with Crippen molar-refractivity contribution in [2.75, 3.05) is 10.6 Å². The van der Waals surface area contributed by atoms with E-state index >= 15 is 0 Å². The molecule has 0 spiro atoms. The number of imidazole rings is 1. The molecule has 1 aliphatic rings. The van der Waals surface area contributed by atoms with Gasteiger partial charge >= 0.3 is 0 Å². The maximum absolute atomic E-state index is 13.1. The quantitative estimate of drug-likeness (QED) is 0.168. The molecule has 0 bridgehead atoms. The number of rotatable bonds is 7. The molecule has 1 aromatic heterocycles. The van der Waals surface area contributed by atoms with Crippen molar-refractivity contribution in [2.24, 2.45) is 5.73 Å². The van der Waals surface area contributed by atoms with Gasteiger partial charge in [-0.1, -0.05) is 43.3 Å². The Morgan fingerprint density at radius 1 is 1.08 bits per heavy atom. The highest BCUT2D eigenvalue weighted by Crippen LogP contribution is 2.39. The lowest BCUT2D eigenvalue weighted by Gasteiger charge is -2.15. The number of nitrogens with one attached hydrogen (secondary N) is 3. The van der Waals surface area contributed by atoms with E-state index in [-0.39, 0.29) is 11.6 Å². The number of aromatic amines is 1. The predicted molar refractivity (Wildman–Crippen MR) is 140 cm³/mol. The molecule has 1 aliphatic heterocycles. The maximum Gasteiger partial charge on any atom is 0.270 e. The summed E-state index contributed by atoms with van der Waals surface area (Å²) in [5, 5.41) is 17.6. The number of aryl methyl sites for hydroxylation is 1. The number of hydrogen-bond acceptors (Lipinski definition) is 6. The molecule has 0 unspecified atom stereocenters. The van der Waals surface area contributed by atoms with Gasteiger partial charge in [-0.25, -0.2) is 4.98 Å². The summed E-state index contributed by atoms with van der Waals surface area (Å²) in [6.07, 6.45) is 2.70. The normalized spacial score (nSPS) is 13.8. The second kappa shape index (κ2) is 9.47. The van der Waals surface area contributed by atoms with Crippen LogP contribution in [0.4, 0.5) is 17.1 Å². The van der Waals surface area contributed by atoms with Gasteiger partial charge in [-0.2, -0.15) is 0 Å². The van der Waals surface area contributed by atoms with Crippen LogP contribution in [0.5, 0.6) is 0 Å². The minimum atomic E-state index is -0.471. The Bertz CT molecular complexity index is 1490. The van der Waals surface area contributed by atoms with Crippen molar-refractivity contribution < 1.29 is 9.72 Å². The number of amides is 1. The molecule has 0 aliphatic carbocycles. The van der Waals surface area contributed by atoms with Crippen LogP contribution in [0.25, 0.3) is 22.5 Å². The zero-order valence-corrected chi connectivity index (χ0v) is 19.5. The molecule has 2 heterocycles. The number of hydrogen-bond donors (Lipinski definition) is 4. The molecular formula is C27H24N6O3. The molecule has 9 heteroatoms. The summed E-state index contributed by atoms with van der Waals surface area (Å²) in [4.78, 5) is 31.8. The van der Waals surface area contributed by atoms with Gasteiger partial charge in [-0.05, 0) is 29.3 Å². The van der Waals surface area contributed by atoms with Crippen molar-refractivity contribution in [1.82, 2.24) is 9.97 Å². The van der Waals surface area contributed by atoms with E-state index < -0.39 is 4.92 Å². The molecule has 3 aromatic carbocycles. The Kier molecular flexibility index (Phi) is 6.05. The van der Waals surface area contributed by atoms with Gasteiger partial charge in [-0.3, -0.25) is 14.9 Å². The molecule has 0 saturated carbocycles. The fourth-order valence-electron chi connectivity index (χ4n) is 4.16. The lowest BCUT2D eigenvalue weighted by atomic mass is 9.98. The van der Waals surface area contributed by atoms with Crippen LogP contribution in [-0.2, 0) is 17.8 Å². The molecule has 5 N–H and O–H groups in total. The second-order valence-corrected chi connectivity index (χ2v) is 8.38. The lowest BCUT2D eigenvalue weighted by molar-refractivity contribution is -0.384. The molecule has 0 atom stereocenters. The summed E-state index contributed by atoms with van der Waals surface area (Å²) in [5.41, 5.74) is 11.8. The van der Waals surface area contributed by atoms with Gasteiger partial charge in [0.05, 0.1) is 21.9 Å². The summed E-state index contributed by atoms with van der Waals surface area (Å²) in [6.45, 7) is 2.43. The lowest BCUT2D eigenvalue weighted by Crippen LogP contribution is -2.10. The van der Waals surface area contributed by atoms with Crippen molar-refractivity contribution in [3.8, 4) is 11.3 Å². The molecule has 9 nitrogen and oxygen atoms in total. The topological polar surface area (TPSA) is 139 Å². The third-order valence-corrected chi connectivity index (χ3v) is 6.10. The van der Waals surface area contributed by atoms with E-state index in [0.29, 0.717) is 29.1 Å². The number of fused-ring (bicyclic) bond motifs is 1. The maximum atomic E-state index is 13.1. The minimum Gasteiger partial charge on any atom is -0.354 e. The molecule has 0 saturated heterocycles. The fraction of sp³-hybridized carbons (Fsp3) is 0.111. The van der Waals surface area contributed by atoms with Gasteiger partial charge < -0.3 is 21.4 Å². The van der Waals surface area contributed by atoms with Crippen LogP contribution in [0.2, 0.25) is 0 Å². The zero-order valence-electron chi connectivity index (χ0n) is 19.5. The summed E-state index contributed by atoms with van der Waals surface area (Å²) >= 11 is 0. The number of aromatic nitrogens is 2. The van der Waals surface area contributed by atoms with Crippen molar-refractivity contribution in [3.05, 3.63) is 106 Å². The number of anilines is 2. The summed E-state index contributed by atoms with van der Waals surface area (Å²) in [7, 11) is 0. The second-order valence-electron chi connectivity index (χ2n) is 8.38. The van der Waals surface area contributed by atoms with Crippen molar-refractivity contribution in [1.29, 1.82) is 0 Å². The number of H-pyrrole nitrogens is 1. The zero-order chi connectivity index (χ0) is 25.2. The first-order valence-corrected chi connectivity index (χ1v) is 11.5. The number of benzene rings is 3. The number of nitro groups is 1. The van der Waals surface area contributed by atoms with Gasteiger partial charge in [0, 0.05) is 53.8 Å². The molecule has 0 fully saturated rings. The highest BCUT2D eigenvalue weighted by Gasteiger charge is 2.30. The molecule has 36 heavy (non-hydrogen) atoms. The summed E-state index contributed by atoms with van der Waals surface area (Å²) in [5.74, 6) is 0.580. The molecule has 4 aromatic rings. The smallest absolute Gasteiger partial charge is 0.270 e. The fourth-order valence-corrected chi connectivity index (χ4v) is 4.16. The standard InChI is InChI=1S/C27H24N6O3/c1-2-24-29-15-23(31-24)17-7-9-19(10-8-17)30-26(18-5-3-16(14-28)4-6-18)25-21-13-20(33(35)36)11-12-22(21)32-27(25)34/h3-13,15,30H,2,14,28H2,1H3,(H,29,31)(H,32,34)/b26-25-. The van der Waals surface area contributed by atoms with E-state index in [1.165, 1.54) is 12.1 Å². The van der Waals surface area contributed by atoms with Crippen LogP contribution < -0.4 is 16.4 Å². The van der Waals surface area contributed by atoms with Gasteiger partial charge in [0.15, 0.2) is 0 Å². The van der Waals surface area contributed by atoms with E-state index in [9.17, 15) is 14.9 Å². The molecule has 180 valence electrons. The largest absolute Gasteiger partial charge is 0.354 e. The SMILES string of the molecule is CCc1nc(-c2ccc(N/C(=C3\C(=O)Nc4ccc([N+](=O)[O-])cc43)c3ccc(CN)cc3)cc2)c[nH]1. The van der Waals surface area contributed by atoms with Crippen LogP contribution in [-0.4, -0.2) is 20.8 Å². The van der Waals surface area contributed by atoms with Crippen LogP contribution in [0.3, 0.4) is 0 Å². The number of nitrogens with two attached hydrogens (primary N) is 1. The van der Waals surface area contributed by atoms with Crippen LogP contribution in [0.15, 0.2) is 72.9 Å².